The number of carbonyl (C=O) groups is 2. The molecule has 0 unspecified atom stereocenters. The summed E-state index contributed by atoms with van der Waals surface area (Å²) in [4.78, 5) is 29.0. The van der Waals surface area contributed by atoms with Crippen LogP contribution in [-0.2, 0) is 26.3 Å². The summed E-state index contributed by atoms with van der Waals surface area (Å²) < 4.78 is 29.1. The molecule has 0 radical (unpaired) electrons. The first kappa shape index (κ1) is 31.2. The Balaban J connectivity index is 2.05. The van der Waals surface area contributed by atoms with Gasteiger partial charge in [-0.2, -0.15) is 12.7 Å². The van der Waals surface area contributed by atoms with E-state index in [9.17, 15) is 18.0 Å². The standard InChI is InChI=1S/C28H38Cl2N4O4S/c1-6-25(28(36)31-21-10-7-8-11-21)33(17-22-23(29)12-9-13-24(22)30)27(35)18-34(39(37,38)32(4)5)26-16-19(2)14-15-20(26)3/h9,12-16,21,25H,6-8,10-11,17-18H2,1-5H3,(H,31,36)/t25-/m1/s1. The van der Waals surface area contributed by atoms with Crippen LogP contribution in [0.4, 0.5) is 5.69 Å². The van der Waals surface area contributed by atoms with E-state index in [1.807, 2.05) is 26.0 Å². The molecular weight excluding hydrogens is 559 g/mol. The van der Waals surface area contributed by atoms with Crippen molar-refractivity contribution in [1.82, 2.24) is 14.5 Å². The topological polar surface area (TPSA) is 90.0 Å². The molecule has 8 nitrogen and oxygen atoms in total. The zero-order valence-corrected chi connectivity index (χ0v) is 25.5. The van der Waals surface area contributed by atoms with Crippen LogP contribution in [0.3, 0.4) is 0 Å². The molecule has 3 rings (SSSR count). The molecule has 2 aromatic rings. The number of halogens is 2. The lowest BCUT2D eigenvalue weighted by atomic mass is 10.1. The van der Waals surface area contributed by atoms with Gasteiger partial charge in [0.1, 0.15) is 12.6 Å². The molecule has 0 saturated heterocycles. The van der Waals surface area contributed by atoms with E-state index in [2.05, 4.69) is 5.32 Å². The van der Waals surface area contributed by atoms with Crippen molar-refractivity contribution in [3.8, 4) is 0 Å². The van der Waals surface area contributed by atoms with Crippen molar-refractivity contribution in [3.05, 3.63) is 63.1 Å². The molecule has 39 heavy (non-hydrogen) atoms. The zero-order chi connectivity index (χ0) is 28.9. The summed E-state index contributed by atoms with van der Waals surface area (Å²) in [6.45, 7) is 4.93. The highest BCUT2D eigenvalue weighted by Crippen LogP contribution is 2.29. The molecule has 1 atom stereocenters. The summed E-state index contributed by atoms with van der Waals surface area (Å²) in [6.07, 6.45) is 4.22. The first-order valence-corrected chi connectivity index (χ1v) is 15.3. The monoisotopic (exact) mass is 596 g/mol. The van der Waals surface area contributed by atoms with Gasteiger partial charge in [-0.3, -0.25) is 9.59 Å². The minimum absolute atomic E-state index is 0.0451. The maximum absolute atomic E-state index is 14.1. The Morgan fingerprint density at radius 1 is 1.05 bits per heavy atom. The summed E-state index contributed by atoms with van der Waals surface area (Å²) in [6, 6.07) is 9.71. The van der Waals surface area contributed by atoms with Gasteiger partial charge in [0.05, 0.1) is 5.69 Å². The molecule has 1 aliphatic carbocycles. The fourth-order valence-electron chi connectivity index (χ4n) is 4.83. The third-order valence-corrected chi connectivity index (χ3v) is 9.64. The molecule has 0 aromatic heterocycles. The molecule has 0 bridgehead atoms. The van der Waals surface area contributed by atoms with E-state index in [1.54, 1.807) is 31.2 Å². The number of nitrogens with zero attached hydrogens (tertiary/aromatic N) is 3. The maximum Gasteiger partial charge on any atom is 0.304 e. The van der Waals surface area contributed by atoms with Crippen molar-refractivity contribution in [2.24, 2.45) is 0 Å². The third kappa shape index (κ3) is 7.45. The van der Waals surface area contributed by atoms with Gasteiger partial charge in [-0.25, -0.2) is 4.31 Å². The number of hydrogen-bond acceptors (Lipinski definition) is 4. The van der Waals surface area contributed by atoms with E-state index >= 15 is 0 Å². The van der Waals surface area contributed by atoms with Crippen LogP contribution in [0, 0.1) is 13.8 Å². The second kappa shape index (κ2) is 13.4. The van der Waals surface area contributed by atoms with Gasteiger partial charge in [0.2, 0.25) is 11.8 Å². The molecule has 1 saturated carbocycles. The number of nitrogens with one attached hydrogen (secondary N) is 1. The summed E-state index contributed by atoms with van der Waals surface area (Å²) in [5.41, 5.74) is 2.45. The van der Waals surface area contributed by atoms with Gasteiger partial charge in [0, 0.05) is 42.3 Å². The van der Waals surface area contributed by atoms with Gasteiger partial charge in [-0.15, -0.1) is 0 Å². The zero-order valence-electron chi connectivity index (χ0n) is 23.2. The Labute approximate surface area is 242 Å². The van der Waals surface area contributed by atoms with Crippen LogP contribution in [0.25, 0.3) is 0 Å². The quantitative estimate of drug-likeness (QED) is 0.391. The molecule has 0 spiro atoms. The van der Waals surface area contributed by atoms with E-state index in [4.69, 9.17) is 23.2 Å². The number of carbonyl (C=O) groups excluding carboxylic acids is 2. The van der Waals surface area contributed by atoms with Gasteiger partial charge in [0.15, 0.2) is 0 Å². The van der Waals surface area contributed by atoms with E-state index in [0.717, 1.165) is 39.9 Å². The summed E-state index contributed by atoms with van der Waals surface area (Å²) in [5.74, 6) is -0.805. The summed E-state index contributed by atoms with van der Waals surface area (Å²) in [5, 5.41) is 3.81. The minimum Gasteiger partial charge on any atom is -0.352 e. The summed E-state index contributed by atoms with van der Waals surface area (Å²) >= 11 is 12.9. The molecule has 1 fully saturated rings. The van der Waals surface area contributed by atoms with Gasteiger partial charge in [0.25, 0.3) is 0 Å². The lowest BCUT2D eigenvalue weighted by Gasteiger charge is -2.35. The molecule has 2 aromatic carbocycles. The highest BCUT2D eigenvalue weighted by Gasteiger charge is 2.35. The Morgan fingerprint density at radius 2 is 1.67 bits per heavy atom. The number of amides is 2. The lowest BCUT2D eigenvalue weighted by molar-refractivity contribution is -0.140. The fourth-order valence-corrected chi connectivity index (χ4v) is 6.46. The van der Waals surface area contributed by atoms with Crippen LogP contribution in [0.5, 0.6) is 0 Å². The number of aryl methyl sites for hydroxylation is 2. The van der Waals surface area contributed by atoms with Gasteiger partial charge in [-0.05, 0) is 62.4 Å². The van der Waals surface area contributed by atoms with Gasteiger partial charge >= 0.3 is 10.2 Å². The Hall–Kier alpha value is -2.33. The predicted molar refractivity (Wildman–Crippen MR) is 157 cm³/mol. The van der Waals surface area contributed by atoms with Crippen LogP contribution in [0.15, 0.2) is 36.4 Å². The highest BCUT2D eigenvalue weighted by molar-refractivity contribution is 7.90. The lowest BCUT2D eigenvalue weighted by Crippen LogP contribution is -2.54. The smallest absolute Gasteiger partial charge is 0.304 e. The van der Waals surface area contributed by atoms with E-state index in [-0.39, 0.29) is 18.5 Å². The number of hydrogen-bond donors (Lipinski definition) is 1. The van der Waals surface area contributed by atoms with Crippen molar-refractivity contribution in [3.63, 3.8) is 0 Å². The van der Waals surface area contributed by atoms with Crippen LogP contribution in [0.2, 0.25) is 10.0 Å². The average Bonchev–Trinajstić information content (AvgIpc) is 3.38. The van der Waals surface area contributed by atoms with E-state index in [0.29, 0.717) is 33.3 Å². The second-order valence-electron chi connectivity index (χ2n) is 10.2. The molecule has 0 aliphatic heterocycles. The Morgan fingerprint density at radius 3 is 2.23 bits per heavy atom. The van der Waals surface area contributed by atoms with Crippen molar-refractivity contribution >= 4 is 50.9 Å². The Kier molecular flexibility index (Phi) is 10.7. The first-order valence-electron chi connectivity index (χ1n) is 13.2. The van der Waals surface area contributed by atoms with Crippen LogP contribution in [-0.4, -0.2) is 62.2 Å². The number of rotatable bonds is 11. The Bertz CT molecular complexity index is 1280. The molecule has 0 heterocycles. The van der Waals surface area contributed by atoms with Crippen LogP contribution >= 0.6 is 23.2 Å². The fraction of sp³-hybridized carbons (Fsp3) is 0.500. The molecule has 1 N–H and O–H groups in total. The maximum atomic E-state index is 14.1. The van der Waals surface area contributed by atoms with Crippen molar-refractivity contribution in [1.29, 1.82) is 0 Å². The molecule has 11 heteroatoms. The second-order valence-corrected chi connectivity index (χ2v) is 13.1. The van der Waals surface area contributed by atoms with Crippen LogP contribution in [0.1, 0.15) is 55.7 Å². The third-order valence-electron chi connectivity index (χ3n) is 7.13. The van der Waals surface area contributed by atoms with E-state index < -0.39 is 28.7 Å². The average molecular weight is 598 g/mol. The predicted octanol–water partition coefficient (Wildman–Crippen LogP) is 5.09. The SMILES string of the molecule is CC[C@H](C(=O)NC1CCCC1)N(Cc1c(Cl)cccc1Cl)C(=O)CN(c1cc(C)ccc1C)S(=O)(=O)N(C)C. The van der Waals surface area contributed by atoms with Crippen LogP contribution < -0.4 is 9.62 Å². The van der Waals surface area contributed by atoms with E-state index in [1.165, 1.54) is 19.0 Å². The molecule has 2 amide bonds. The highest BCUT2D eigenvalue weighted by atomic mass is 35.5. The first-order chi connectivity index (χ1) is 18.4. The van der Waals surface area contributed by atoms with Gasteiger partial charge in [-0.1, -0.05) is 61.2 Å². The largest absolute Gasteiger partial charge is 0.352 e. The van der Waals surface area contributed by atoms with Crippen molar-refractivity contribution < 1.29 is 18.0 Å². The number of anilines is 1. The summed E-state index contributed by atoms with van der Waals surface area (Å²) in [7, 11) is -1.21. The van der Waals surface area contributed by atoms with Crippen molar-refractivity contribution in [2.45, 2.75) is 71.5 Å². The van der Waals surface area contributed by atoms with Crippen molar-refractivity contribution in [2.75, 3.05) is 24.9 Å². The van der Waals surface area contributed by atoms with Gasteiger partial charge < -0.3 is 10.2 Å². The number of benzene rings is 2. The molecule has 214 valence electrons. The molecule has 1 aliphatic rings. The molecular formula is C28H38Cl2N4O4S. The normalized spacial score (nSPS) is 14.9. The minimum atomic E-state index is -4.05.